The second-order valence-electron chi connectivity index (χ2n) is 8.16. The van der Waals surface area contributed by atoms with Gasteiger partial charge in [0.05, 0.1) is 27.6 Å². The molecule has 0 radical (unpaired) electrons. The van der Waals surface area contributed by atoms with E-state index in [9.17, 15) is 14.9 Å². The predicted octanol–water partition coefficient (Wildman–Crippen LogP) is 5.49. The van der Waals surface area contributed by atoms with Crippen LogP contribution in [0.3, 0.4) is 0 Å². The van der Waals surface area contributed by atoms with Crippen molar-refractivity contribution in [3.63, 3.8) is 0 Å². The molecule has 0 aliphatic heterocycles. The van der Waals surface area contributed by atoms with Crippen LogP contribution in [0, 0.1) is 10.1 Å². The molecule has 2 heterocycles. The maximum atomic E-state index is 13.3. The number of furan rings is 1. The molecule has 1 saturated carbocycles. The largest absolute Gasteiger partial charge is 0.455 e. The van der Waals surface area contributed by atoms with Crippen LogP contribution in [0.4, 0.5) is 5.69 Å². The Balaban J connectivity index is 1.55. The molecule has 0 unspecified atom stereocenters. The molecule has 8 heteroatoms. The molecule has 166 valence electrons. The molecule has 1 aliphatic rings. The number of fused-ring (bicyclic) bond motifs is 1. The Morgan fingerprint density at radius 1 is 1.03 bits per heavy atom. The van der Waals surface area contributed by atoms with Crippen molar-refractivity contribution >= 4 is 22.8 Å². The summed E-state index contributed by atoms with van der Waals surface area (Å²) >= 11 is 0. The van der Waals surface area contributed by atoms with Gasteiger partial charge in [0.1, 0.15) is 17.3 Å². The Morgan fingerprint density at radius 3 is 2.61 bits per heavy atom. The second kappa shape index (κ2) is 8.82. The van der Waals surface area contributed by atoms with Gasteiger partial charge in [-0.1, -0.05) is 43.5 Å². The second-order valence-corrected chi connectivity index (χ2v) is 8.16. The summed E-state index contributed by atoms with van der Waals surface area (Å²) in [5.74, 6) is 1.59. The van der Waals surface area contributed by atoms with E-state index in [4.69, 9.17) is 9.40 Å². The summed E-state index contributed by atoms with van der Waals surface area (Å²) in [6.45, 7) is 0. The summed E-state index contributed by atoms with van der Waals surface area (Å²) in [6.07, 6.45) is 6.82. The Bertz CT molecular complexity index is 1410. The van der Waals surface area contributed by atoms with Crippen molar-refractivity contribution in [3.05, 3.63) is 92.7 Å². The average molecular weight is 442 g/mol. The Kier molecular flexibility index (Phi) is 5.56. The third kappa shape index (κ3) is 4.07. The van der Waals surface area contributed by atoms with Crippen LogP contribution in [-0.4, -0.2) is 20.8 Å². The first-order valence-electron chi connectivity index (χ1n) is 11.0. The SMILES string of the molecule is O=c1c2ccccc2nc(C2CCCCC2)n1N=Cc1ccc(-c2ccccc2[N+](=O)[O-])o1. The number of nitro groups is 1. The molecule has 0 spiro atoms. The van der Waals surface area contributed by atoms with Gasteiger partial charge in [-0.3, -0.25) is 14.9 Å². The van der Waals surface area contributed by atoms with E-state index in [-0.39, 0.29) is 17.2 Å². The molecular weight excluding hydrogens is 420 g/mol. The average Bonchev–Trinajstić information content (AvgIpc) is 3.33. The van der Waals surface area contributed by atoms with Gasteiger partial charge in [0, 0.05) is 12.0 Å². The molecule has 8 nitrogen and oxygen atoms in total. The Hall–Kier alpha value is -4.07. The number of hydrogen-bond acceptors (Lipinski definition) is 6. The van der Waals surface area contributed by atoms with Crippen LogP contribution in [0.2, 0.25) is 0 Å². The fourth-order valence-corrected chi connectivity index (χ4v) is 4.40. The van der Waals surface area contributed by atoms with Crippen LogP contribution in [-0.2, 0) is 0 Å². The Labute approximate surface area is 189 Å². The van der Waals surface area contributed by atoms with E-state index in [1.54, 1.807) is 36.4 Å². The van der Waals surface area contributed by atoms with Gasteiger partial charge in [-0.2, -0.15) is 9.78 Å². The van der Waals surface area contributed by atoms with Crippen molar-refractivity contribution in [2.75, 3.05) is 0 Å². The lowest BCUT2D eigenvalue weighted by atomic mass is 9.88. The van der Waals surface area contributed by atoms with Crippen molar-refractivity contribution in [1.82, 2.24) is 9.66 Å². The molecule has 0 saturated heterocycles. The number of hydrogen-bond donors (Lipinski definition) is 0. The minimum absolute atomic E-state index is 0.0372. The molecule has 1 fully saturated rings. The van der Waals surface area contributed by atoms with Crippen LogP contribution < -0.4 is 5.56 Å². The van der Waals surface area contributed by atoms with Crippen LogP contribution >= 0.6 is 0 Å². The standard InChI is InChI=1S/C25H22N4O4/c30-25-19-10-4-6-12-21(19)27-24(17-8-2-1-3-9-17)28(25)26-16-18-14-15-23(33-18)20-11-5-7-13-22(20)29(31)32/h4-7,10-17H,1-3,8-9H2. The van der Waals surface area contributed by atoms with E-state index in [1.807, 2.05) is 18.2 Å². The van der Waals surface area contributed by atoms with Gasteiger partial charge in [-0.25, -0.2) is 4.98 Å². The maximum absolute atomic E-state index is 13.3. The summed E-state index contributed by atoms with van der Waals surface area (Å²) in [4.78, 5) is 29.0. The maximum Gasteiger partial charge on any atom is 0.282 e. The molecule has 0 amide bonds. The van der Waals surface area contributed by atoms with E-state index < -0.39 is 4.92 Å². The monoisotopic (exact) mass is 442 g/mol. The van der Waals surface area contributed by atoms with E-state index in [1.165, 1.54) is 23.4 Å². The number of aromatic nitrogens is 2. The molecule has 0 N–H and O–H groups in total. The normalized spacial score (nSPS) is 14.8. The summed E-state index contributed by atoms with van der Waals surface area (Å²) in [6, 6.07) is 17.0. The molecule has 0 atom stereocenters. The summed E-state index contributed by atoms with van der Waals surface area (Å²) in [7, 11) is 0. The lowest BCUT2D eigenvalue weighted by molar-refractivity contribution is -0.384. The fourth-order valence-electron chi connectivity index (χ4n) is 4.40. The number of benzene rings is 2. The van der Waals surface area contributed by atoms with Gasteiger partial charge < -0.3 is 4.42 Å². The predicted molar refractivity (Wildman–Crippen MR) is 126 cm³/mol. The van der Waals surface area contributed by atoms with Gasteiger partial charge in [0.15, 0.2) is 0 Å². The molecule has 2 aromatic heterocycles. The molecular formula is C25H22N4O4. The smallest absolute Gasteiger partial charge is 0.282 e. The highest BCUT2D eigenvalue weighted by molar-refractivity contribution is 5.80. The number of rotatable bonds is 5. The number of nitrogens with zero attached hydrogens (tertiary/aromatic N) is 4. The van der Waals surface area contributed by atoms with Crippen molar-refractivity contribution in [2.45, 2.75) is 38.0 Å². The molecule has 1 aliphatic carbocycles. The highest BCUT2D eigenvalue weighted by Gasteiger charge is 2.22. The van der Waals surface area contributed by atoms with Crippen molar-refractivity contribution in [1.29, 1.82) is 0 Å². The van der Waals surface area contributed by atoms with Crippen LogP contribution in [0.1, 0.15) is 49.6 Å². The third-order valence-corrected chi connectivity index (χ3v) is 6.04. The molecule has 5 rings (SSSR count). The van der Waals surface area contributed by atoms with E-state index in [0.29, 0.717) is 33.8 Å². The highest BCUT2D eigenvalue weighted by Crippen LogP contribution is 2.32. The zero-order chi connectivity index (χ0) is 22.8. The van der Waals surface area contributed by atoms with Gasteiger partial charge in [0.25, 0.3) is 11.2 Å². The first-order chi connectivity index (χ1) is 16.1. The molecule has 33 heavy (non-hydrogen) atoms. The van der Waals surface area contributed by atoms with E-state index >= 15 is 0 Å². The Morgan fingerprint density at radius 2 is 1.79 bits per heavy atom. The van der Waals surface area contributed by atoms with E-state index in [2.05, 4.69) is 5.10 Å². The topological polar surface area (TPSA) is 104 Å². The third-order valence-electron chi connectivity index (χ3n) is 6.04. The van der Waals surface area contributed by atoms with Crippen molar-refractivity contribution in [3.8, 4) is 11.3 Å². The van der Waals surface area contributed by atoms with Gasteiger partial charge in [0.2, 0.25) is 0 Å². The highest BCUT2D eigenvalue weighted by atomic mass is 16.6. The summed E-state index contributed by atoms with van der Waals surface area (Å²) in [5, 5.41) is 16.3. The van der Waals surface area contributed by atoms with Gasteiger partial charge in [-0.05, 0) is 43.2 Å². The minimum Gasteiger partial charge on any atom is -0.455 e. The van der Waals surface area contributed by atoms with Gasteiger partial charge >= 0.3 is 0 Å². The van der Waals surface area contributed by atoms with Crippen LogP contribution in [0.15, 0.2) is 75.0 Å². The first kappa shape index (κ1) is 20.8. The number of para-hydroxylation sites is 2. The molecule has 0 bridgehead atoms. The first-order valence-corrected chi connectivity index (χ1v) is 11.0. The van der Waals surface area contributed by atoms with Crippen LogP contribution in [0.5, 0.6) is 0 Å². The lowest BCUT2D eigenvalue weighted by Crippen LogP contribution is -2.25. The van der Waals surface area contributed by atoms with Crippen molar-refractivity contribution < 1.29 is 9.34 Å². The molecule has 2 aromatic carbocycles. The summed E-state index contributed by atoms with van der Waals surface area (Å²) in [5.41, 5.74) is 0.800. The molecule has 4 aromatic rings. The quantitative estimate of drug-likeness (QED) is 0.231. The fraction of sp³-hybridized carbons (Fsp3) is 0.240. The van der Waals surface area contributed by atoms with Crippen LogP contribution in [0.25, 0.3) is 22.2 Å². The van der Waals surface area contributed by atoms with Gasteiger partial charge in [-0.15, -0.1) is 0 Å². The zero-order valence-corrected chi connectivity index (χ0v) is 17.9. The van der Waals surface area contributed by atoms with Crippen molar-refractivity contribution in [2.24, 2.45) is 5.10 Å². The lowest BCUT2D eigenvalue weighted by Gasteiger charge is -2.22. The summed E-state index contributed by atoms with van der Waals surface area (Å²) < 4.78 is 7.19. The van der Waals surface area contributed by atoms with E-state index in [0.717, 1.165) is 25.7 Å². The number of nitro benzene ring substituents is 1. The zero-order valence-electron chi connectivity index (χ0n) is 17.9. The minimum atomic E-state index is -0.442.